The molecule has 1 aromatic heterocycles. The first-order valence-electron chi connectivity index (χ1n) is 7.12. The third-order valence-electron chi connectivity index (χ3n) is 3.06. The van der Waals surface area contributed by atoms with E-state index in [4.69, 9.17) is 11.6 Å². The van der Waals surface area contributed by atoms with Crippen molar-refractivity contribution in [1.29, 1.82) is 0 Å². The molecule has 1 heterocycles. The highest BCUT2D eigenvalue weighted by Gasteiger charge is 2.10. The van der Waals surface area contributed by atoms with E-state index >= 15 is 0 Å². The Morgan fingerprint density at radius 2 is 1.75 bits per heavy atom. The normalized spacial score (nSPS) is 10.7. The van der Waals surface area contributed by atoms with Gasteiger partial charge in [-0.1, -0.05) is 88.9 Å². The topological polar surface area (TPSA) is 42.9 Å². The molecule has 122 valence electrons. The third-order valence-corrected chi connectivity index (χ3v) is 6.56. The van der Waals surface area contributed by atoms with Crippen LogP contribution >= 0.6 is 46.5 Å². The van der Waals surface area contributed by atoms with Crippen molar-refractivity contribution >= 4 is 52.2 Å². The van der Waals surface area contributed by atoms with E-state index in [2.05, 4.69) is 10.2 Å². The highest BCUT2D eigenvalue weighted by atomic mass is 35.5. The fraction of sp³-hybridized carbons (Fsp3) is 0.118. The van der Waals surface area contributed by atoms with Crippen molar-refractivity contribution in [2.75, 3.05) is 5.75 Å². The Labute approximate surface area is 157 Å². The van der Waals surface area contributed by atoms with E-state index in [1.807, 2.05) is 54.6 Å². The summed E-state index contributed by atoms with van der Waals surface area (Å²) in [6.45, 7) is 0. The summed E-state index contributed by atoms with van der Waals surface area (Å²) in [6.07, 6.45) is 0. The van der Waals surface area contributed by atoms with Crippen LogP contribution in [-0.2, 0) is 5.75 Å². The first-order chi connectivity index (χ1) is 11.7. The zero-order valence-corrected chi connectivity index (χ0v) is 15.7. The molecular formula is C17H13ClN2OS3. The van der Waals surface area contributed by atoms with Crippen LogP contribution < -0.4 is 0 Å². The molecule has 0 amide bonds. The average Bonchev–Trinajstić information content (AvgIpc) is 3.07. The SMILES string of the molecule is O=C(CSc1nnc(SCc2cccc(Cl)c2)s1)c1ccccc1. The van der Waals surface area contributed by atoms with Crippen molar-refractivity contribution in [2.24, 2.45) is 0 Å². The molecule has 0 N–H and O–H groups in total. The lowest BCUT2D eigenvalue weighted by Crippen LogP contribution is -2.01. The maximum Gasteiger partial charge on any atom is 0.175 e. The zero-order valence-electron chi connectivity index (χ0n) is 12.5. The third kappa shape index (κ3) is 5.08. The molecule has 24 heavy (non-hydrogen) atoms. The standard InChI is InChI=1S/C17H13ClN2OS3/c18-14-8-4-5-12(9-14)10-22-16-19-20-17(24-16)23-11-15(21)13-6-2-1-3-7-13/h1-9H,10-11H2. The van der Waals surface area contributed by atoms with Gasteiger partial charge in [0.1, 0.15) is 0 Å². The number of carbonyl (C=O) groups excluding carboxylic acids is 1. The van der Waals surface area contributed by atoms with Crippen molar-refractivity contribution in [3.63, 3.8) is 0 Å². The maximum atomic E-state index is 12.1. The number of ketones is 1. The summed E-state index contributed by atoms with van der Waals surface area (Å²) in [4.78, 5) is 12.1. The minimum absolute atomic E-state index is 0.101. The molecule has 0 atom stereocenters. The lowest BCUT2D eigenvalue weighted by atomic mass is 10.2. The quantitative estimate of drug-likeness (QED) is 0.394. The van der Waals surface area contributed by atoms with E-state index in [0.717, 1.165) is 30.6 Å². The Kier molecular flexibility index (Phi) is 6.31. The molecule has 2 aromatic carbocycles. The minimum Gasteiger partial charge on any atom is -0.293 e. The monoisotopic (exact) mass is 392 g/mol. The molecule has 0 saturated heterocycles. The Hall–Kier alpha value is -1.34. The largest absolute Gasteiger partial charge is 0.293 e. The molecule has 0 spiro atoms. The van der Waals surface area contributed by atoms with Crippen molar-refractivity contribution < 1.29 is 4.79 Å². The van der Waals surface area contributed by atoms with Gasteiger partial charge in [0.25, 0.3) is 0 Å². The van der Waals surface area contributed by atoms with Crippen LogP contribution in [0.2, 0.25) is 5.02 Å². The molecule has 0 aliphatic heterocycles. The van der Waals surface area contributed by atoms with E-state index < -0.39 is 0 Å². The van der Waals surface area contributed by atoms with Gasteiger partial charge in [-0.2, -0.15) is 0 Å². The van der Waals surface area contributed by atoms with Gasteiger partial charge in [-0.05, 0) is 17.7 Å². The Bertz CT molecular complexity index is 823. The minimum atomic E-state index is 0.101. The Morgan fingerprint density at radius 1 is 1.00 bits per heavy atom. The number of hydrogen-bond donors (Lipinski definition) is 0. The lowest BCUT2D eigenvalue weighted by Gasteiger charge is -1.99. The van der Waals surface area contributed by atoms with E-state index in [1.54, 1.807) is 11.8 Å². The number of thioether (sulfide) groups is 2. The molecule has 3 nitrogen and oxygen atoms in total. The molecule has 0 unspecified atom stereocenters. The number of Topliss-reactive ketones (excluding diaryl/α,β-unsaturated/α-hetero) is 1. The number of rotatable bonds is 7. The molecule has 0 aliphatic carbocycles. The number of carbonyl (C=O) groups is 1. The summed E-state index contributed by atoms with van der Waals surface area (Å²) in [6, 6.07) is 17.1. The zero-order chi connectivity index (χ0) is 16.8. The van der Waals surface area contributed by atoms with Crippen molar-refractivity contribution in [3.8, 4) is 0 Å². The number of halogens is 1. The van der Waals surface area contributed by atoms with Gasteiger partial charge in [0.15, 0.2) is 14.5 Å². The van der Waals surface area contributed by atoms with Crippen LogP contribution in [0.5, 0.6) is 0 Å². The number of hydrogen-bond acceptors (Lipinski definition) is 6. The predicted molar refractivity (Wildman–Crippen MR) is 102 cm³/mol. The summed E-state index contributed by atoms with van der Waals surface area (Å²) >= 11 is 10.5. The van der Waals surface area contributed by atoms with Gasteiger partial charge < -0.3 is 0 Å². The lowest BCUT2D eigenvalue weighted by molar-refractivity contribution is 0.102. The van der Waals surface area contributed by atoms with Crippen LogP contribution in [0, 0.1) is 0 Å². The Morgan fingerprint density at radius 3 is 2.50 bits per heavy atom. The summed E-state index contributed by atoms with van der Waals surface area (Å²) in [7, 11) is 0. The van der Waals surface area contributed by atoms with Crippen molar-refractivity contribution in [3.05, 3.63) is 70.7 Å². The molecule has 0 radical (unpaired) electrons. The van der Waals surface area contributed by atoms with Crippen LogP contribution in [-0.4, -0.2) is 21.7 Å². The van der Waals surface area contributed by atoms with E-state index in [-0.39, 0.29) is 5.78 Å². The van der Waals surface area contributed by atoms with Gasteiger partial charge in [-0.15, -0.1) is 10.2 Å². The van der Waals surface area contributed by atoms with Gasteiger partial charge >= 0.3 is 0 Å². The first-order valence-corrected chi connectivity index (χ1v) is 10.3. The molecule has 0 bridgehead atoms. The fourth-order valence-corrected chi connectivity index (χ4v) is 4.99. The Balaban J connectivity index is 1.51. The van der Waals surface area contributed by atoms with Crippen LogP contribution in [0.3, 0.4) is 0 Å². The van der Waals surface area contributed by atoms with Gasteiger partial charge in [0.2, 0.25) is 0 Å². The van der Waals surface area contributed by atoms with E-state index in [1.165, 1.54) is 23.1 Å². The second-order valence-electron chi connectivity index (χ2n) is 4.83. The second kappa shape index (κ2) is 8.67. The molecule has 3 aromatic rings. The molecule has 0 fully saturated rings. The van der Waals surface area contributed by atoms with E-state index in [9.17, 15) is 4.79 Å². The highest BCUT2D eigenvalue weighted by Crippen LogP contribution is 2.31. The van der Waals surface area contributed by atoms with Crippen LogP contribution in [0.15, 0.2) is 63.3 Å². The average molecular weight is 393 g/mol. The van der Waals surface area contributed by atoms with Crippen molar-refractivity contribution in [1.82, 2.24) is 10.2 Å². The second-order valence-corrected chi connectivity index (χ2v) is 8.69. The van der Waals surface area contributed by atoms with E-state index in [0.29, 0.717) is 5.75 Å². The summed E-state index contributed by atoms with van der Waals surface area (Å²) in [5.74, 6) is 1.27. The van der Waals surface area contributed by atoms with Crippen molar-refractivity contribution in [2.45, 2.75) is 14.4 Å². The molecule has 7 heteroatoms. The summed E-state index contributed by atoms with van der Waals surface area (Å²) in [5, 5.41) is 9.05. The first kappa shape index (κ1) is 17.5. The van der Waals surface area contributed by atoms with Gasteiger partial charge in [-0.25, -0.2) is 0 Å². The molecule has 0 saturated carbocycles. The number of aromatic nitrogens is 2. The van der Waals surface area contributed by atoms with Crippen LogP contribution in [0.25, 0.3) is 0 Å². The maximum absolute atomic E-state index is 12.1. The van der Waals surface area contributed by atoms with Crippen LogP contribution in [0.1, 0.15) is 15.9 Å². The van der Waals surface area contributed by atoms with Gasteiger partial charge in [-0.3, -0.25) is 4.79 Å². The van der Waals surface area contributed by atoms with Gasteiger partial charge in [0.05, 0.1) is 5.75 Å². The fourth-order valence-electron chi connectivity index (χ4n) is 1.92. The molecular weight excluding hydrogens is 380 g/mol. The van der Waals surface area contributed by atoms with Crippen LogP contribution in [0.4, 0.5) is 0 Å². The molecule has 3 rings (SSSR count). The van der Waals surface area contributed by atoms with Gasteiger partial charge in [0, 0.05) is 16.3 Å². The molecule has 0 aliphatic rings. The smallest absolute Gasteiger partial charge is 0.175 e. The predicted octanol–water partition coefficient (Wildman–Crippen LogP) is 5.46. The number of benzene rings is 2. The highest BCUT2D eigenvalue weighted by molar-refractivity contribution is 8.03. The number of nitrogens with zero attached hydrogens (tertiary/aromatic N) is 2. The summed E-state index contributed by atoms with van der Waals surface area (Å²) < 4.78 is 1.71. The summed E-state index contributed by atoms with van der Waals surface area (Å²) in [5.41, 5.74) is 1.88.